The standard InChI is InChI=1S/C14H20N2O2S3/c1-4-15-8-13-7-14(11(3)20-13)21(17,18)16-10(2)12-5-6-19-9-12/h5-7,9-10,15-16H,4,8H2,1-3H3. The van der Waals surface area contributed by atoms with Crippen molar-refractivity contribution < 1.29 is 8.42 Å². The average molecular weight is 345 g/mol. The maximum Gasteiger partial charge on any atom is 0.242 e. The first kappa shape index (κ1) is 16.6. The number of thiophene rings is 2. The summed E-state index contributed by atoms with van der Waals surface area (Å²) in [6.45, 7) is 7.32. The van der Waals surface area contributed by atoms with Crippen LogP contribution < -0.4 is 10.0 Å². The van der Waals surface area contributed by atoms with E-state index >= 15 is 0 Å². The molecule has 0 spiro atoms. The molecule has 116 valence electrons. The Hall–Kier alpha value is -0.730. The lowest BCUT2D eigenvalue weighted by Gasteiger charge is -2.12. The van der Waals surface area contributed by atoms with Gasteiger partial charge in [-0.1, -0.05) is 6.92 Å². The molecule has 2 aromatic rings. The van der Waals surface area contributed by atoms with Gasteiger partial charge in [-0.15, -0.1) is 11.3 Å². The zero-order valence-electron chi connectivity index (χ0n) is 12.3. The van der Waals surface area contributed by atoms with Gasteiger partial charge in [0.1, 0.15) is 0 Å². The summed E-state index contributed by atoms with van der Waals surface area (Å²) in [7, 11) is -3.48. The molecule has 0 bridgehead atoms. The summed E-state index contributed by atoms with van der Waals surface area (Å²) in [5.74, 6) is 0. The zero-order valence-corrected chi connectivity index (χ0v) is 14.8. The predicted octanol–water partition coefficient (Wildman–Crippen LogP) is 3.27. The lowest BCUT2D eigenvalue weighted by molar-refractivity contribution is 0.567. The minimum Gasteiger partial charge on any atom is -0.312 e. The zero-order chi connectivity index (χ0) is 15.5. The molecule has 0 amide bonds. The Kier molecular flexibility index (Phi) is 5.56. The Morgan fingerprint density at radius 1 is 1.38 bits per heavy atom. The van der Waals surface area contributed by atoms with Crippen LogP contribution in [0.4, 0.5) is 0 Å². The van der Waals surface area contributed by atoms with Gasteiger partial charge in [-0.2, -0.15) is 11.3 Å². The molecule has 2 aromatic heterocycles. The lowest BCUT2D eigenvalue weighted by Crippen LogP contribution is -2.26. The molecule has 2 heterocycles. The molecule has 0 fully saturated rings. The van der Waals surface area contributed by atoms with Gasteiger partial charge in [-0.25, -0.2) is 13.1 Å². The third-order valence-electron chi connectivity index (χ3n) is 3.14. The third-order valence-corrected chi connectivity index (χ3v) is 6.69. The quantitative estimate of drug-likeness (QED) is 0.810. The van der Waals surface area contributed by atoms with Crippen LogP contribution in [0.1, 0.15) is 35.2 Å². The smallest absolute Gasteiger partial charge is 0.242 e. The second kappa shape index (κ2) is 7.02. The number of sulfonamides is 1. The van der Waals surface area contributed by atoms with Crippen LogP contribution in [0.25, 0.3) is 0 Å². The third kappa shape index (κ3) is 4.14. The molecule has 7 heteroatoms. The van der Waals surface area contributed by atoms with Crippen LogP contribution in [0.5, 0.6) is 0 Å². The summed E-state index contributed by atoms with van der Waals surface area (Å²) >= 11 is 3.09. The Balaban J connectivity index is 2.17. The van der Waals surface area contributed by atoms with Gasteiger partial charge in [0.25, 0.3) is 0 Å². The van der Waals surface area contributed by atoms with Gasteiger partial charge >= 0.3 is 0 Å². The van der Waals surface area contributed by atoms with Crippen molar-refractivity contribution in [1.82, 2.24) is 10.0 Å². The molecular weight excluding hydrogens is 324 g/mol. The van der Waals surface area contributed by atoms with Crippen molar-refractivity contribution >= 4 is 32.7 Å². The highest BCUT2D eigenvalue weighted by Crippen LogP contribution is 2.27. The van der Waals surface area contributed by atoms with E-state index < -0.39 is 10.0 Å². The van der Waals surface area contributed by atoms with E-state index in [2.05, 4.69) is 10.0 Å². The molecule has 0 aliphatic heterocycles. The van der Waals surface area contributed by atoms with E-state index in [9.17, 15) is 8.42 Å². The highest BCUT2D eigenvalue weighted by Gasteiger charge is 2.22. The van der Waals surface area contributed by atoms with Crippen LogP contribution in [-0.2, 0) is 16.6 Å². The molecule has 1 unspecified atom stereocenters. The second-order valence-corrected chi connectivity index (χ2v) is 8.62. The van der Waals surface area contributed by atoms with Crippen LogP contribution in [0, 0.1) is 6.92 Å². The summed E-state index contributed by atoms with van der Waals surface area (Å²) in [5.41, 5.74) is 0.990. The molecule has 1 atom stereocenters. The van der Waals surface area contributed by atoms with Crippen molar-refractivity contribution in [2.24, 2.45) is 0 Å². The summed E-state index contributed by atoms with van der Waals surface area (Å²) < 4.78 is 27.8. The Labute approximate surface area is 134 Å². The monoisotopic (exact) mass is 344 g/mol. The van der Waals surface area contributed by atoms with E-state index in [0.29, 0.717) is 11.4 Å². The van der Waals surface area contributed by atoms with Crippen LogP contribution >= 0.6 is 22.7 Å². The fourth-order valence-electron chi connectivity index (χ4n) is 2.01. The van der Waals surface area contributed by atoms with E-state index in [1.807, 2.05) is 37.6 Å². The van der Waals surface area contributed by atoms with Crippen LogP contribution in [0.2, 0.25) is 0 Å². The summed E-state index contributed by atoms with van der Waals surface area (Å²) in [6, 6.07) is 3.48. The maximum absolute atomic E-state index is 12.5. The highest BCUT2D eigenvalue weighted by atomic mass is 32.2. The van der Waals surface area contributed by atoms with Crippen LogP contribution in [0.15, 0.2) is 27.8 Å². The molecule has 0 aliphatic carbocycles. The molecule has 2 rings (SSSR count). The van der Waals surface area contributed by atoms with Crippen molar-refractivity contribution in [2.45, 2.75) is 38.3 Å². The first-order chi connectivity index (χ1) is 9.94. The van der Waals surface area contributed by atoms with E-state index in [0.717, 1.165) is 21.9 Å². The molecule has 0 radical (unpaired) electrons. The van der Waals surface area contributed by atoms with Gasteiger partial charge in [-0.05, 0) is 48.8 Å². The fourth-order valence-corrected chi connectivity index (χ4v) is 5.60. The van der Waals surface area contributed by atoms with Crippen LogP contribution in [-0.4, -0.2) is 15.0 Å². The summed E-state index contributed by atoms with van der Waals surface area (Å²) in [5, 5.41) is 7.13. The van der Waals surface area contributed by atoms with Crippen molar-refractivity contribution in [2.75, 3.05) is 6.54 Å². The topological polar surface area (TPSA) is 58.2 Å². The van der Waals surface area contributed by atoms with Gasteiger partial charge in [0.15, 0.2) is 0 Å². The Morgan fingerprint density at radius 2 is 2.14 bits per heavy atom. The average Bonchev–Trinajstić information content (AvgIpc) is 3.05. The van der Waals surface area contributed by atoms with Gasteiger partial charge in [0.05, 0.1) is 4.90 Å². The molecular formula is C14H20N2O2S3. The van der Waals surface area contributed by atoms with Gasteiger partial charge < -0.3 is 5.32 Å². The molecule has 0 aromatic carbocycles. The van der Waals surface area contributed by atoms with Crippen molar-refractivity contribution in [1.29, 1.82) is 0 Å². The Morgan fingerprint density at radius 3 is 2.76 bits per heavy atom. The molecule has 0 aliphatic rings. The van der Waals surface area contributed by atoms with E-state index in [4.69, 9.17) is 0 Å². The normalized spacial score (nSPS) is 13.5. The maximum atomic E-state index is 12.5. The largest absolute Gasteiger partial charge is 0.312 e. The van der Waals surface area contributed by atoms with Gasteiger partial charge in [0, 0.05) is 22.3 Å². The minimum atomic E-state index is -3.48. The number of nitrogens with one attached hydrogen (secondary N) is 2. The second-order valence-electron chi connectivity index (χ2n) is 4.81. The number of hydrogen-bond donors (Lipinski definition) is 2. The summed E-state index contributed by atoms with van der Waals surface area (Å²) in [4.78, 5) is 2.26. The Bertz CT molecular complexity index is 675. The van der Waals surface area contributed by atoms with Crippen LogP contribution in [0.3, 0.4) is 0 Å². The number of aryl methyl sites for hydroxylation is 1. The van der Waals surface area contributed by atoms with Gasteiger partial charge in [-0.3, -0.25) is 0 Å². The molecule has 2 N–H and O–H groups in total. The highest BCUT2D eigenvalue weighted by molar-refractivity contribution is 7.89. The predicted molar refractivity (Wildman–Crippen MR) is 89.5 cm³/mol. The molecule has 4 nitrogen and oxygen atoms in total. The molecule has 0 saturated carbocycles. The van der Waals surface area contributed by atoms with E-state index in [-0.39, 0.29) is 6.04 Å². The number of rotatable bonds is 7. The van der Waals surface area contributed by atoms with E-state index in [1.165, 1.54) is 11.3 Å². The van der Waals surface area contributed by atoms with Crippen molar-refractivity contribution in [3.8, 4) is 0 Å². The SMILES string of the molecule is CCNCc1cc(S(=O)(=O)NC(C)c2ccsc2)c(C)s1. The molecule has 0 saturated heterocycles. The molecule has 21 heavy (non-hydrogen) atoms. The fraction of sp³-hybridized carbons (Fsp3) is 0.429. The minimum absolute atomic E-state index is 0.224. The van der Waals surface area contributed by atoms with Crippen molar-refractivity contribution in [3.63, 3.8) is 0 Å². The summed E-state index contributed by atoms with van der Waals surface area (Å²) in [6.07, 6.45) is 0. The first-order valence-electron chi connectivity index (χ1n) is 6.78. The first-order valence-corrected chi connectivity index (χ1v) is 10.0. The number of hydrogen-bond acceptors (Lipinski definition) is 5. The van der Waals surface area contributed by atoms with E-state index in [1.54, 1.807) is 17.4 Å². The van der Waals surface area contributed by atoms with Crippen molar-refractivity contribution in [3.05, 3.63) is 38.2 Å². The lowest BCUT2D eigenvalue weighted by atomic mass is 10.2. The van der Waals surface area contributed by atoms with Gasteiger partial charge in [0.2, 0.25) is 10.0 Å².